The Kier molecular flexibility index (Phi) is 6.97. The molecule has 4 unspecified atom stereocenters. The molecule has 1 aromatic carbocycles. The van der Waals surface area contributed by atoms with Gasteiger partial charge in [0.05, 0.1) is 0 Å². The van der Waals surface area contributed by atoms with Crippen molar-refractivity contribution >= 4 is 0 Å². The summed E-state index contributed by atoms with van der Waals surface area (Å²) in [5, 5.41) is 0. The van der Waals surface area contributed by atoms with E-state index >= 15 is 0 Å². The van der Waals surface area contributed by atoms with Crippen molar-refractivity contribution in [3.8, 4) is 0 Å². The molecule has 4 atom stereocenters. The molecule has 0 N–H and O–H groups in total. The third-order valence-corrected chi connectivity index (χ3v) is 8.73. The molecule has 0 radical (unpaired) electrons. The molecule has 3 saturated carbocycles. The third-order valence-electron chi connectivity index (χ3n) is 8.73. The van der Waals surface area contributed by atoms with E-state index in [1.165, 1.54) is 50.5 Å². The molecule has 0 amide bonds. The van der Waals surface area contributed by atoms with Crippen LogP contribution < -0.4 is 0 Å². The van der Waals surface area contributed by atoms with Gasteiger partial charge in [-0.15, -0.1) is 0 Å². The number of hydrogen-bond acceptors (Lipinski definition) is 0. The Morgan fingerprint density at radius 1 is 0.750 bits per heavy atom. The highest BCUT2D eigenvalue weighted by molar-refractivity contribution is 5.24. The van der Waals surface area contributed by atoms with E-state index < -0.39 is 0 Å². The van der Waals surface area contributed by atoms with Crippen molar-refractivity contribution in [2.75, 3.05) is 0 Å². The number of hydrogen-bond donors (Lipinski definition) is 0. The van der Waals surface area contributed by atoms with Crippen LogP contribution in [0.25, 0.3) is 0 Å². The summed E-state index contributed by atoms with van der Waals surface area (Å²) in [5.41, 5.74) is 3.00. The van der Waals surface area contributed by atoms with E-state index in [-0.39, 0.29) is 0 Å². The summed E-state index contributed by atoms with van der Waals surface area (Å²) in [6.07, 6.45) is 22.5. The van der Waals surface area contributed by atoms with Crippen molar-refractivity contribution in [3.63, 3.8) is 0 Å². The van der Waals surface area contributed by atoms with E-state index in [1.807, 2.05) is 0 Å². The van der Waals surface area contributed by atoms with Crippen molar-refractivity contribution in [2.24, 2.45) is 29.6 Å². The minimum Gasteiger partial charge on any atom is -0.0917 e. The molecule has 3 fully saturated rings. The van der Waals surface area contributed by atoms with Crippen LogP contribution in [0.3, 0.4) is 0 Å². The first-order valence-corrected chi connectivity index (χ1v) is 12.4. The summed E-state index contributed by atoms with van der Waals surface area (Å²) in [5.74, 6) is 6.10. The van der Waals surface area contributed by atoms with Gasteiger partial charge in [0.2, 0.25) is 0 Å². The molecule has 0 saturated heterocycles. The van der Waals surface area contributed by atoms with Gasteiger partial charge in [-0.1, -0.05) is 48.4 Å². The Hall–Kier alpha value is -1.04. The van der Waals surface area contributed by atoms with E-state index in [0.29, 0.717) is 0 Å². The van der Waals surface area contributed by atoms with E-state index in [4.69, 9.17) is 0 Å². The van der Waals surface area contributed by atoms with Gasteiger partial charge in [0.15, 0.2) is 0 Å². The third kappa shape index (κ3) is 4.92. The normalized spacial score (nSPS) is 36.4. The second-order valence-electron chi connectivity index (χ2n) is 10.4. The summed E-state index contributed by atoms with van der Waals surface area (Å²) >= 11 is 0. The summed E-state index contributed by atoms with van der Waals surface area (Å²) in [6.45, 7) is 4.36. The fraction of sp³-hybridized carbons (Fsp3) is 0.714. The Bertz CT molecular complexity index is 616. The lowest BCUT2D eigenvalue weighted by molar-refractivity contribution is 0.0621. The quantitative estimate of drug-likeness (QED) is 0.451. The SMILES string of the molecule is C/C=C/CCC1CCC2CC(C3CCC(c4ccc(C)cc4)CC3)CCC2C1. The van der Waals surface area contributed by atoms with Gasteiger partial charge >= 0.3 is 0 Å². The monoisotopic (exact) mass is 378 g/mol. The predicted molar refractivity (Wildman–Crippen MR) is 122 cm³/mol. The molecular formula is C28H42. The van der Waals surface area contributed by atoms with E-state index in [2.05, 4.69) is 50.3 Å². The van der Waals surface area contributed by atoms with Crippen LogP contribution in [0.15, 0.2) is 36.4 Å². The molecule has 0 nitrogen and oxygen atoms in total. The molecule has 0 heteroatoms. The molecule has 3 aliphatic carbocycles. The lowest BCUT2D eigenvalue weighted by Crippen LogP contribution is -2.34. The maximum Gasteiger partial charge on any atom is -0.0162 e. The van der Waals surface area contributed by atoms with E-state index in [1.54, 1.807) is 37.7 Å². The average Bonchev–Trinajstić information content (AvgIpc) is 2.74. The van der Waals surface area contributed by atoms with Crippen LogP contribution in [-0.4, -0.2) is 0 Å². The summed E-state index contributed by atoms with van der Waals surface area (Å²) in [6, 6.07) is 9.38. The van der Waals surface area contributed by atoms with Gasteiger partial charge in [-0.2, -0.15) is 0 Å². The van der Waals surface area contributed by atoms with Crippen LogP contribution in [0.1, 0.15) is 101 Å². The number of benzene rings is 1. The number of allylic oxidation sites excluding steroid dienone is 2. The van der Waals surface area contributed by atoms with E-state index in [0.717, 1.165) is 35.5 Å². The zero-order valence-corrected chi connectivity index (χ0v) is 18.4. The first kappa shape index (κ1) is 20.2. The molecule has 28 heavy (non-hydrogen) atoms. The summed E-state index contributed by atoms with van der Waals surface area (Å²) in [7, 11) is 0. The molecule has 4 rings (SSSR count). The zero-order chi connectivity index (χ0) is 19.3. The minimum atomic E-state index is 0.834. The van der Waals surface area contributed by atoms with Crippen molar-refractivity contribution in [2.45, 2.75) is 96.8 Å². The fourth-order valence-corrected chi connectivity index (χ4v) is 6.97. The molecule has 0 bridgehead atoms. The van der Waals surface area contributed by atoms with Crippen molar-refractivity contribution in [1.29, 1.82) is 0 Å². The predicted octanol–water partition coefficient (Wildman–Crippen LogP) is 8.46. The van der Waals surface area contributed by atoms with Crippen molar-refractivity contribution < 1.29 is 0 Å². The maximum atomic E-state index is 2.39. The average molecular weight is 379 g/mol. The van der Waals surface area contributed by atoms with Crippen molar-refractivity contribution in [3.05, 3.63) is 47.5 Å². The minimum absolute atomic E-state index is 0.834. The van der Waals surface area contributed by atoms with Crippen LogP contribution in [0.2, 0.25) is 0 Å². The second-order valence-corrected chi connectivity index (χ2v) is 10.4. The second kappa shape index (κ2) is 9.64. The van der Waals surface area contributed by atoms with E-state index in [9.17, 15) is 0 Å². The largest absolute Gasteiger partial charge is 0.0917 e. The number of fused-ring (bicyclic) bond motifs is 1. The van der Waals surface area contributed by atoms with Crippen molar-refractivity contribution in [1.82, 2.24) is 0 Å². The zero-order valence-electron chi connectivity index (χ0n) is 18.4. The maximum absolute atomic E-state index is 2.39. The van der Waals surface area contributed by atoms with Gasteiger partial charge in [0.1, 0.15) is 0 Å². The summed E-state index contributed by atoms with van der Waals surface area (Å²) < 4.78 is 0. The van der Waals surface area contributed by atoms with Gasteiger partial charge in [-0.3, -0.25) is 0 Å². The van der Waals surface area contributed by atoms with Crippen LogP contribution in [0.5, 0.6) is 0 Å². The Labute approximate surface area is 174 Å². The van der Waals surface area contributed by atoms with Gasteiger partial charge in [-0.25, -0.2) is 0 Å². The highest BCUT2D eigenvalue weighted by Gasteiger charge is 2.38. The standard InChI is InChI=1S/C28H42/c1-3-4-5-6-22-9-12-28-20-27(18-17-26(28)19-22)25-15-13-24(14-16-25)23-10-7-21(2)8-11-23/h3-4,7-8,10-11,22,24-28H,5-6,9,12-20H2,1-2H3/b4-3+. The van der Waals surface area contributed by atoms with Gasteiger partial charge in [-0.05, 0) is 126 Å². The topological polar surface area (TPSA) is 0 Å². The Morgan fingerprint density at radius 3 is 2.07 bits per heavy atom. The summed E-state index contributed by atoms with van der Waals surface area (Å²) in [4.78, 5) is 0. The molecule has 154 valence electrons. The molecule has 0 aliphatic heterocycles. The first-order chi connectivity index (χ1) is 13.7. The highest BCUT2D eigenvalue weighted by Crippen LogP contribution is 2.50. The first-order valence-electron chi connectivity index (χ1n) is 12.4. The Morgan fingerprint density at radius 2 is 1.36 bits per heavy atom. The molecular weight excluding hydrogens is 336 g/mol. The number of aryl methyl sites for hydroxylation is 1. The van der Waals surface area contributed by atoms with Crippen LogP contribution in [0, 0.1) is 36.5 Å². The molecule has 0 heterocycles. The Balaban J connectivity index is 1.24. The van der Waals surface area contributed by atoms with Crippen LogP contribution in [0.4, 0.5) is 0 Å². The number of rotatable bonds is 5. The molecule has 3 aliphatic rings. The molecule has 0 aromatic heterocycles. The van der Waals surface area contributed by atoms with Gasteiger partial charge < -0.3 is 0 Å². The van der Waals surface area contributed by atoms with Crippen LogP contribution >= 0.6 is 0 Å². The molecule has 1 aromatic rings. The lowest BCUT2D eigenvalue weighted by Gasteiger charge is -2.45. The van der Waals surface area contributed by atoms with Gasteiger partial charge in [0.25, 0.3) is 0 Å². The fourth-order valence-electron chi connectivity index (χ4n) is 6.97. The highest BCUT2D eigenvalue weighted by atomic mass is 14.4. The lowest BCUT2D eigenvalue weighted by atomic mass is 9.60. The van der Waals surface area contributed by atoms with Gasteiger partial charge in [0, 0.05) is 0 Å². The van der Waals surface area contributed by atoms with Crippen LogP contribution in [-0.2, 0) is 0 Å². The molecule has 0 spiro atoms. The smallest absolute Gasteiger partial charge is 0.0162 e.